The maximum Gasteiger partial charge on any atom is 0.276 e. The summed E-state index contributed by atoms with van der Waals surface area (Å²) >= 11 is 0. The van der Waals surface area contributed by atoms with Gasteiger partial charge in [-0.15, -0.1) is 0 Å². The highest BCUT2D eigenvalue weighted by atomic mass is 32.2. The lowest BCUT2D eigenvalue weighted by Crippen LogP contribution is -2.48. The van der Waals surface area contributed by atoms with Crippen LogP contribution in [0.2, 0.25) is 0 Å². The van der Waals surface area contributed by atoms with Gasteiger partial charge in [-0.2, -0.15) is 9.40 Å². The molecule has 2 heterocycles. The van der Waals surface area contributed by atoms with Gasteiger partial charge in [0.05, 0.1) is 4.90 Å². The lowest BCUT2D eigenvalue weighted by atomic mass is 10.3. The molecule has 10 heteroatoms. The van der Waals surface area contributed by atoms with E-state index in [4.69, 9.17) is 0 Å². The minimum atomic E-state index is -3.63. The Morgan fingerprint density at radius 2 is 1.86 bits per heavy atom. The summed E-state index contributed by atoms with van der Waals surface area (Å²) in [4.78, 5) is 26.1. The van der Waals surface area contributed by atoms with Gasteiger partial charge in [0.15, 0.2) is 0 Å². The van der Waals surface area contributed by atoms with E-state index in [2.05, 4.69) is 22.2 Å². The van der Waals surface area contributed by atoms with Crippen molar-refractivity contribution in [2.75, 3.05) is 38.0 Å². The second-order valence-corrected chi connectivity index (χ2v) is 8.44. The number of aryl methyl sites for hydroxylation is 1. The van der Waals surface area contributed by atoms with E-state index in [1.54, 1.807) is 12.1 Å². The van der Waals surface area contributed by atoms with Crippen LogP contribution < -0.4 is 10.9 Å². The van der Waals surface area contributed by atoms with Crippen LogP contribution in [-0.2, 0) is 17.1 Å². The van der Waals surface area contributed by atoms with Gasteiger partial charge >= 0.3 is 0 Å². The van der Waals surface area contributed by atoms with Gasteiger partial charge < -0.3 is 10.2 Å². The number of carbonyl (C=O) groups is 1. The molecule has 0 unspecified atom stereocenters. The first-order chi connectivity index (χ1) is 13.3. The molecular weight excluding hydrogens is 382 g/mol. The molecule has 0 spiro atoms. The summed E-state index contributed by atoms with van der Waals surface area (Å²) in [5, 5.41) is 6.52. The van der Waals surface area contributed by atoms with Crippen LogP contribution in [0.15, 0.2) is 46.1 Å². The Morgan fingerprint density at radius 1 is 1.14 bits per heavy atom. The SMILES string of the molecule is CCN1CCN(S(=O)(=O)c2cccc(NC(=O)c3ccc(=O)n(C)n3)c2)CC1. The second kappa shape index (κ2) is 8.21. The molecule has 1 amide bonds. The summed E-state index contributed by atoms with van der Waals surface area (Å²) in [5.41, 5.74) is 0.0766. The Bertz CT molecular complexity index is 1030. The Morgan fingerprint density at radius 3 is 2.50 bits per heavy atom. The first kappa shape index (κ1) is 20.2. The van der Waals surface area contributed by atoms with Gasteiger partial charge in [0.1, 0.15) is 5.69 Å². The molecule has 3 rings (SSSR count). The van der Waals surface area contributed by atoms with Crippen molar-refractivity contribution in [3.05, 3.63) is 52.4 Å². The topological polar surface area (TPSA) is 105 Å². The third-order valence-electron chi connectivity index (χ3n) is 4.70. The molecule has 9 nitrogen and oxygen atoms in total. The summed E-state index contributed by atoms with van der Waals surface area (Å²) in [6.07, 6.45) is 0. The number of sulfonamides is 1. The number of nitrogens with zero attached hydrogens (tertiary/aromatic N) is 4. The average molecular weight is 405 g/mol. The maximum absolute atomic E-state index is 12.9. The van der Waals surface area contributed by atoms with Crippen molar-refractivity contribution in [2.24, 2.45) is 7.05 Å². The van der Waals surface area contributed by atoms with Crippen molar-refractivity contribution >= 4 is 21.6 Å². The predicted molar refractivity (Wildman–Crippen MR) is 105 cm³/mol. The Labute approximate surface area is 163 Å². The van der Waals surface area contributed by atoms with Gasteiger partial charge in [-0.05, 0) is 30.8 Å². The van der Waals surface area contributed by atoms with E-state index in [1.165, 1.54) is 35.6 Å². The number of hydrogen-bond acceptors (Lipinski definition) is 6. The van der Waals surface area contributed by atoms with Crippen LogP contribution in [0, 0.1) is 0 Å². The third-order valence-corrected chi connectivity index (χ3v) is 6.60. The molecule has 0 saturated carbocycles. The van der Waals surface area contributed by atoms with Gasteiger partial charge in [-0.1, -0.05) is 13.0 Å². The standard InChI is InChI=1S/C18H23N5O4S/c1-3-22-9-11-23(12-10-22)28(26,27)15-6-4-5-14(13-15)19-18(25)16-7-8-17(24)21(2)20-16/h4-8,13H,3,9-12H2,1-2H3,(H,19,25). The highest BCUT2D eigenvalue weighted by Gasteiger charge is 2.28. The number of aromatic nitrogens is 2. The molecule has 2 aromatic rings. The van der Waals surface area contributed by atoms with Crippen LogP contribution in [0.25, 0.3) is 0 Å². The lowest BCUT2D eigenvalue weighted by molar-refractivity contribution is 0.102. The number of hydrogen-bond donors (Lipinski definition) is 1. The monoisotopic (exact) mass is 405 g/mol. The van der Waals surface area contributed by atoms with E-state index >= 15 is 0 Å². The summed E-state index contributed by atoms with van der Waals surface area (Å²) in [7, 11) is -2.19. The van der Waals surface area contributed by atoms with E-state index in [0.29, 0.717) is 31.9 Å². The predicted octanol–water partition coefficient (Wildman–Crippen LogP) is 0.359. The molecule has 1 aromatic carbocycles. The molecule has 150 valence electrons. The number of benzene rings is 1. The molecule has 0 aliphatic carbocycles. The van der Waals surface area contributed by atoms with Crippen molar-refractivity contribution in [3.8, 4) is 0 Å². The number of likely N-dealkylation sites (N-methyl/N-ethyl adjacent to an activating group) is 1. The molecule has 0 bridgehead atoms. The largest absolute Gasteiger partial charge is 0.321 e. The molecule has 0 radical (unpaired) electrons. The summed E-state index contributed by atoms with van der Waals surface area (Å²) in [5.74, 6) is -0.526. The molecule has 1 N–H and O–H groups in total. The van der Waals surface area contributed by atoms with Crippen molar-refractivity contribution in [2.45, 2.75) is 11.8 Å². The van der Waals surface area contributed by atoms with E-state index in [-0.39, 0.29) is 16.1 Å². The van der Waals surface area contributed by atoms with Crippen LogP contribution in [0.5, 0.6) is 0 Å². The van der Waals surface area contributed by atoms with Crippen LogP contribution in [0.1, 0.15) is 17.4 Å². The van der Waals surface area contributed by atoms with Gasteiger partial charge in [-0.3, -0.25) is 9.59 Å². The Balaban J connectivity index is 1.77. The molecular formula is C18H23N5O4S. The number of amides is 1. The minimum absolute atomic E-state index is 0.0612. The fraction of sp³-hybridized carbons (Fsp3) is 0.389. The van der Waals surface area contributed by atoms with E-state index in [1.807, 2.05) is 0 Å². The zero-order chi connectivity index (χ0) is 20.3. The fourth-order valence-electron chi connectivity index (χ4n) is 2.99. The normalized spacial score (nSPS) is 16.1. The van der Waals surface area contributed by atoms with E-state index in [9.17, 15) is 18.0 Å². The van der Waals surface area contributed by atoms with Crippen LogP contribution in [0.4, 0.5) is 5.69 Å². The Hall–Kier alpha value is -2.56. The molecule has 1 aliphatic rings. The van der Waals surface area contributed by atoms with Gasteiger partial charge in [0.2, 0.25) is 10.0 Å². The van der Waals surface area contributed by atoms with E-state index in [0.717, 1.165) is 11.2 Å². The summed E-state index contributed by atoms with van der Waals surface area (Å²) in [6, 6.07) is 8.71. The molecule has 1 fully saturated rings. The number of piperazine rings is 1. The Kier molecular flexibility index (Phi) is 5.92. The van der Waals surface area contributed by atoms with Crippen molar-refractivity contribution in [3.63, 3.8) is 0 Å². The van der Waals surface area contributed by atoms with Gasteiger partial charge in [0, 0.05) is 45.0 Å². The van der Waals surface area contributed by atoms with Crippen LogP contribution in [0.3, 0.4) is 0 Å². The quantitative estimate of drug-likeness (QED) is 0.770. The van der Waals surface area contributed by atoms with Crippen LogP contribution in [-0.4, -0.2) is 66.0 Å². The summed E-state index contributed by atoms with van der Waals surface area (Å²) in [6.45, 7) is 5.23. The molecule has 1 aromatic heterocycles. The molecule has 28 heavy (non-hydrogen) atoms. The van der Waals surface area contributed by atoms with Crippen molar-refractivity contribution in [1.82, 2.24) is 19.0 Å². The van der Waals surface area contributed by atoms with Crippen molar-refractivity contribution < 1.29 is 13.2 Å². The highest BCUT2D eigenvalue weighted by Crippen LogP contribution is 2.21. The number of carbonyl (C=O) groups excluding carboxylic acids is 1. The van der Waals surface area contributed by atoms with E-state index < -0.39 is 15.9 Å². The zero-order valence-corrected chi connectivity index (χ0v) is 16.6. The molecule has 1 aliphatic heterocycles. The summed E-state index contributed by atoms with van der Waals surface area (Å²) < 4.78 is 28.4. The number of anilines is 1. The smallest absolute Gasteiger partial charge is 0.276 e. The first-order valence-corrected chi connectivity index (χ1v) is 10.4. The highest BCUT2D eigenvalue weighted by molar-refractivity contribution is 7.89. The lowest BCUT2D eigenvalue weighted by Gasteiger charge is -2.33. The average Bonchev–Trinajstić information content (AvgIpc) is 2.70. The number of nitrogens with one attached hydrogen (secondary N) is 1. The van der Waals surface area contributed by atoms with Crippen LogP contribution >= 0.6 is 0 Å². The first-order valence-electron chi connectivity index (χ1n) is 8.99. The fourth-order valence-corrected chi connectivity index (χ4v) is 4.46. The van der Waals surface area contributed by atoms with Gasteiger partial charge in [-0.25, -0.2) is 13.1 Å². The van der Waals surface area contributed by atoms with Crippen molar-refractivity contribution in [1.29, 1.82) is 0 Å². The zero-order valence-electron chi connectivity index (χ0n) is 15.8. The molecule has 0 atom stereocenters. The molecule has 1 saturated heterocycles. The van der Waals surface area contributed by atoms with Gasteiger partial charge in [0.25, 0.3) is 11.5 Å². The number of rotatable bonds is 5. The second-order valence-electron chi connectivity index (χ2n) is 6.50. The minimum Gasteiger partial charge on any atom is -0.321 e. The maximum atomic E-state index is 12.9. The third kappa shape index (κ3) is 4.29.